The van der Waals surface area contributed by atoms with Crippen molar-refractivity contribution in [3.63, 3.8) is 0 Å². The number of halogens is 2. The zero-order valence-electron chi connectivity index (χ0n) is 12.7. The van der Waals surface area contributed by atoms with Gasteiger partial charge in [-0.3, -0.25) is 14.7 Å². The highest BCUT2D eigenvalue weighted by Crippen LogP contribution is 2.22. The Labute approximate surface area is 138 Å². The molecule has 0 N–H and O–H groups in total. The summed E-state index contributed by atoms with van der Waals surface area (Å²) in [6.07, 6.45) is 3.21. The number of hydrogen-bond acceptors (Lipinski definition) is 5. The maximum absolute atomic E-state index is 13.7. The van der Waals surface area contributed by atoms with E-state index in [0.29, 0.717) is 31.0 Å². The van der Waals surface area contributed by atoms with Crippen molar-refractivity contribution in [3.8, 4) is 0 Å². The summed E-state index contributed by atoms with van der Waals surface area (Å²) in [7, 11) is 1.57. The molecule has 0 spiro atoms. The molecular weight excluding hydrogens is 321 g/mol. The topological polar surface area (TPSA) is 54.3 Å². The van der Waals surface area contributed by atoms with Crippen molar-refractivity contribution < 1.29 is 4.39 Å². The number of rotatable bonds is 3. The first-order valence-electron chi connectivity index (χ1n) is 7.35. The van der Waals surface area contributed by atoms with Gasteiger partial charge in [-0.2, -0.15) is 5.10 Å². The Hall–Kier alpha value is -1.99. The van der Waals surface area contributed by atoms with Crippen LogP contribution in [-0.4, -0.2) is 45.8 Å². The van der Waals surface area contributed by atoms with Gasteiger partial charge in [0.15, 0.2) is 0 Å². The molecule has 0 atom stereocenters. The monoisotopic (exact) mass is 337 g/mol. The molecule has 0 aliphatic carbocycles. The summed E-state index contributed by atoms with van der Waals surface area (Å²) < 4.78 is 14.9. The first-order chi connectivity index (χ1) is 11.1. The van der Waals surface area contributed by atoms with Crippen LogP contribution in [0.2, 0.25) is 5.02 Å². The number of aryl methyl sites for hydroxylation is 1. The van der Waals surface area contributed by atoms with Gasteiger partial charge in [-0.05, 0) is 12.1 Å². The molecule has 1 aliphatic rings. The van der Waals surface area contributed by atoms with Crippen LogP contribution in [0.4, 0.5) is 10.1 Å². The lowest BCUT2D eigenvalue weighted by Gasteiger charge is -2.36. The molecule has 0 amide bonds. The maximum Gasteiger partial charge on any atom is 0.287 e. The third-order valence-corrected chi connectivity index (χ3v) is 4.34. The van der Waals surface area contributed by atoms with Gasteiger partial charge in [-0.1, -0.05) is 11.6 Å². The van der Waals surface area contributed by atoms with E-state index in [0.717, 1.165) is 13.1 Å². The lowest BCUT2D eigenvalue weighted by atomic mass is 10.2. The summed E-state index contributed by atoms with van der Waals surface area (Å²) in [5.74, 6) is -0.284. The molecule has 0 radical (unpaired) electrons. The second-order valence-corrected chi connectivity index (χ2v) is 5.85. The molecule has 2 aromatic rings. The van der Waals surface area contributed by atoms with E-state index < -0.39 is 0 Å². The summed E-state index contributed by atoms with van der Waals surface area (Å²) in [4.78, 5) is 20.1. The zero-order chi connectivity index (χ0) is 16.4. The van der Waals surface area contributed by atoms with Crippen LogP contribution in [-0.2, 0) is 13.6 Å². The summed E-state index contributed by atoms with van der Waals surface area (Å²) in [5, 5.41) is 4.20. The van der Waals surface area contributed by atoms with Gasteiger partial charge in [0.1, 0.15) is 10.8 Å². The van der Waals surface area contributed by atoms with Crippen molar-refractivity contribution in [2.75, 3.05) is 31.1 Å². The Morgan fingerprint density at radius 3 is 2.74 bits per heavy atom. The predicted octanol–water partition coefficient (Wildman–Crippen LogP) is 1.29. The summed E-state index contributed by atoms with van der Waals surface area (Å²) in [6, 6.07) is 3.01. The second kappa shape index (κ2) is 6.64. The lowest BCUT2D eigenvalue weighted by molar-refractivity contribution is 0.243. The Bertz CT molecular complexity index is 758. The van der Waals surface area contributed by atoms with Gasteiger partial charge in [0.25, 0.3) is 5.56 Å². The smallest absolute Gasteiger partial charge is 0.287 e. The van der Waals surface area contributed by atoms with Gasteiger partial charge in [-0.25, -0.2) is 9.07 Å². The van der Waals surface area contributed by atoms with Crippen LogP contribution in [0.3, 0.4) is 0 Å². The maximum atomic E-state index is 13.7. The second-order valence-electron chi connectivity index (χ2n) is 5.47. The van der Waals surface area contributed by atoms with Crippen molar-refractivity contribution in [3.05, 3.63) is 51.4 Å². The van der Waals surface area contributed by atoms with E-state index in [1.54, 1.807) is 25.5 Å². The standard InChI is InChI=1S/C15H17ClFN5O/c1-20-15(23)14(16)13(9-19-20)22-7-5-21(6-8-22)10-12-11(17)3-2-4-18-12/h2-4,9H,5-8,10H2,1H3. The van der Waals surface area contributed by atoms with E-state index in [1.165, 1.54) is 10.7 Å². The van der Waals surface area contributed by atoms with E-state index in [1.807, 2.05) is 4.90 Å². The molecule has 23 heavy (non-hydrogen) atoms. The molecule has 1 fully saturated rings. The lowest BCUT2D eigenvalue weighted by Crippen LogP contribution is -2.46. The number of anilines is 1. The first kappa shape index (κ1) is 15.9. The molecule has 0 saturated carbocycles. The molecule has 122 valence electrons. The number of aromatic nitrogens is 3. The largest absolute Gasteiger partial charge is 0.366 e. The van der Waals surface area contributed by atoms with Crippen LogP contribution < -0.4 is 10.5 Å². The summed E-state index contributed by atoms with van der Waals surface area (Å²) >= 11 is 6.13. The quantitative estimate of drug-likeness (QED) is 0.845. The fourth-order valence-electron chi connectivity index (χ4n) is 2.62. The number of nitrogens with zero attached hydrogens (tertiary/aromatic N) is 5. The van der Waals surface area contributed by atoms with E-state index in [2.05, 4.69) is 15.0 Å². The number of hydrogen-bond donors (Lipinski definition) is 0. The van der Waals surface area contributed by atoms with Crippen LogP contribution in [0.5, 0.6) is 0 Å². The zero-order valence-corrected chi connectivity index (χ0v) is 13.5. The van der Waals surface area contributed by atoms with Gasteiger partial charge in [-0.15, -0.1) is 0 Å². The first-order valence-corrected chi connectivity index (χ1v) is 7.72. The Morgan fingerprint density at radius 1 is 1.30 bits per heavy atom. The van der Waals surface area contributed by atoms with Gasteiger partial charge in [0.05, 0.1) is 17.6 Å². The molecule has 0 unspecified atom stereocenters. The average molecular weight is 338 g/mol. The van der Waals surface area contributed by atoms with Crippen molar-refractivity contribution in [1.82, 2.24) is 19.7 Å². The van der Waals surface area contributed by atoms with E-state index in [9.17, 15) is 9.18 Å². The molecule has 8 heteroatoms. The molecule has 3 rings (SSSR count). The van der Waals surface area contributed by atoms with Gasteiger partial charge in [0.2, 0.25) is 0 Å². The third kappa shape index (κ3) is 3.35. The Kier molecular flexibility index (Phi) is 4.58. The average Bonchev–Trinajstić information content (AvgIpc) is 2.56. The fraction of sp³-hybridized carbons (Fsp3) is 0.400. The van der Waals surface area contributed by atoms with Gasteiger partial charge >= 0.3 is 0 Å². The van der Waals surface area contributed by atoms with Crippen LogP contribution in [0.25, 0.3) is 0 Å². The molecule has 3 heterocycles. The highest BCUT2D eigenvalue weighted by Gasteiger charge is 2.21. The van der Waals surface area contributed by atoms with E-state index in [4.69, 9.17) is 11.6 Å². The SMILES string of the molecule is Cn1ncc(N2CCN(Cc3ncccc3F)CC2)c(Cl)c1=O. The molecule has 0 aromatic carbocycles. The van der Waals surface area contributed by atoms with E-state index in [-0.39, 0.29) is 16.4 Å². The van der Waals surface area contributed by atoms with Crippen molar-refractivity contribution in [2.45, 2.75) is 6.54 Å². The summed E-state index contributed by atoms with van der Waals surface area (Å²) in [6.45, 7) is 3.35. The van der Waals surface area contributed by atoms with Crippen molar-refractivity contribution >= 4 is 17.3 Å². The Balaban J connectivity index is 1.66. The van der Waals surface area contributed by atoms with Crippen LogP contribution >= 0.6 is 11.6 Å². The van der Waals surface area contributed by atoms with Crippen LogP contribution in [0.1, 0.15) is 5.69 Å². The molecule has 0 bridgehead atoms. The highest BCUT2D eigenvalue weighted by atomic mass is 35.5. The molecule has 1 saturated heterocycles. The van der Waals surface area contributed by atoms with Gasteiger partial charge < -0.3 is 4.90 Å². The van der Waals surface area contributed by atoms with Crippen molar-refractivity contribution in [1.29, 1.82) is 0 Å². The van der Waals surface area contributed by atoms with Gasteiger partial charge in [0, 0.05) is 46.0 Å². The minimum absolute atomic E-state index is 0.187. The summed E-state index contributed by atoms with van der Waals surface area (Å²) in [5.41, 5.74) is 0.801. The molecule has 6 nitrogen and oxygen atoms in total. The normalized spacial score (nSPS) is 15.9. The van der Waals surface area contributed by atoms with Crippen LogP contribution in [0, 0.1) is 5.82 Å². The number of piperazine rings is 1. The fourth-order valence-corrected chi connectivity index (χ4v) is 2.91. The van der Waals surface area contributed by atoms with Crippen LogP contribution in [0.15, 0.2) is 29.3 Å². The van der Waals surface area contributed by atoms with Crippen molar-refractivity contribution in [2.24, 2.45) is 7.05 Å². The minimum Gasteiger partial charge on any atom is -0.366 e. The third-order valence-electron chi connectivity index (χ3n) is 3.98. The Morgan fingerprint density at radius 2 is 2.04 bits per heavy atom. The molecular formula is C15H17ClFN5O. The molecule has 2 aromatic heterocycles. The molecule has 1 aliphatic heterocycles. The predicted molar refractivity (Wildman–Crippen MR) is 86.2 cm³/mol. The van der Waals surface area contributed by atoms with E-state index >= 15 is 0 Å². The minimum atomic E-state index is -0.304. The number of pyridine rings is 1. The highest BCUT2D eigenvalue weighted by molar-refractivity contribution is 6.33.